The molecule has 0 aromatic heterocycles. The minimum Gasteiger partial charge on any atom is -0.344 e. The summed E-state index contributed by atoms with van der Waals surface area (Å²) < 4.78 is 13.3. The van der Waals surface area contributed by atoms with E-state index in [1.165, 1.54) is 161 Å². The third-order valence-corrected chi connectivity index (χ3v) is 9.90. The molecule has 264 valence electrons. The smallest absolute Gasteiger partial charge is 0.169 e. The third-order valence-electron chi connectivity index (χ3n) is 9.90. The van der Waals surface area contributed by atoms with Crippen molar-refractivity contribution in [1.82, 2.24) is 0 Å². The Hall–Kier alpha value is -0.900. The van der Waals surface area contributed by atoms with Crippen LogP contribution in [0.1, 0.15) is 207 Å². The third kappa shape index (κ3) is 22.3. The van der Waals surface area contributed by atoms with Crippen LogP contribution in [0, 0.1) is 0 Å². The molecule has 0 radical (unpaired) electrons. The first kappa shape index (κ1) is 42.1. The average molecular weight is 630 g/mol. The van der Waals surface area contributed by atoms with Crippen molar-refractivity contribution in [3.05, 3.63) is 36.5 Å². The van der Waals surface area contributed by atoms with Crippen LogP contribution in [0.25, 0.3) is 0 Å². The predicted molar refractivity (Wildman–Crippen MR) is 200 cm³/mol. The fraction of sp³-hybridized carbons (Fsp3) is 0.857. The summed E-state index contributed by atoms with van der Waals surface area (Å²) in [6.07, 6.45) is 50.4. The molecule has 0 aliphatic carbocycles. The highest BCUT2D eigenvalue weighted by Crippen LogP contribution is 2.42. The Morgan fingerprint density at radius 1 is 0.511 bits per heavy atom. The van der Waals surface area contributed by atoms with Crippen LogP contribution in [-0.4, -0.2) is 24.0 Å². The Morgan fingerprint density at radius 3 is 1.29 bits per heavy atom. The second kappa shape index (κ2) is 29.3. The van der Waals surface area contributed by atoms with Gasteiger partial charge in [0.1, 0.15) is 5.60 Å². The van der Waals surface area contributed by atoms with E-state index in [9.17, 15) is 0 Å². The highest BCUT2D eigenvalue weighted by molar-refractivity contribution is 4.95. The van der Waals surface area contributed by atoms with Gasteiger partial charge in [0, 0.05) is 19.4 Å². The predicted octanol–water partition coefficient (Wildman–Crippen LogP) is 13.5. The number of hydrogen-bond donors (Lipinski definition) is 1. The summed E-state index contributed by atoms with van der Waals surface area (Å²) in [4.78, 5) is 0. The van der Waals surface area contributed by atoms with Gasteiger partial charge in [0.05, 0.1) is 6.10 Å². The molecule has 1 aliphatic heterocycles. The highest BCUT2D eigenvalue weighted by atomic mass is 16.8. The van der Waals surface area contributed by atoms with Crippen LogP contribution >= 0.6 is 0 Å². The maximum Gasteiger partial charge on any atom is 0.169 e. The van der Waals surface area contributed by atoms with Gasteiger partial charge < -0.3 is 15.2 Å². The zero-order valence-electron chi connectivity index (χ0n) is 30.9. The van der Waals surface area contributed by atoms with Crippen LogP contribution in [0.4, 0.5) is 0 Å². The maximum absolute atomic E-state index is 6.68. The van der Waals surface area contributed by atoms with Crippen molar-refractivity contribution in [2.75, 3.05) is 6.54 Å². The first-order chi connectivity index (χ1) is 22.0. The monoisotopic (exact) mass is 630 g/mol. The van der Waals surface area contributed by atoms with E-state index in [2.05, 4.69) is 64.2 Å². The van der Waals surface area contributed by atoms with Crippen LogP contribution in [0.3, 0.4) is 0 Å². The number of rotatable bonds is 32. The Bertz CT molecular complexity index is 730. The normalized spacial score (nSPS) is 22.2. The number of ether oxygens (including phenoxy) is 2. The molecule has 1 saturated heterocycles. The van der Waals surface area contributed by atoms with Gasteiger partial charge in [0.2, 0.25) is 0 Å². The molecule has 0 bridgehead atoms. The number of nitrogens with two attached hydrogens (primary N) is 1. The first-order valence-corrected chi connectivity index (χ1v) is 20.0. The van der Waals surface area contributed by atoms with Crippen LogP contribution in [-0.2, 0) is 9.47 Å². The molecule has 45 heavy (non-hydrogen) atoms. The molecule has 0 amide bonds. The summed E-state index contributed by atoms with van der Waals surface area (Å²) in [7, 11) is 0. The molecule has 1 fully saturated rings. The Morgan fingerprint density at radius 2 is 0.867 bits per heavy atom. The number of allylic oxidation sites excluding steroid dienone is 6. The van der Waals surface area contributed by atoms with E-state index in [0.29, 0.717) is 6.54 Å². The van der Waals surface area contributed by atoms with Gasteiger partial charge in [-0.15, -0.1) is 0 Å². The lowest BCUT2D eigenvalue weighted by Gasteiger charge is -2.31. The summed E-state index contributed by atoms with van der Waals surface area (Å²) >= 11 is 0. The molecule has 0 spiro atoms. The maximum atomic E-state index is 6.68. The molecule has 3 unspecified atom stereocenters. The summed E-state index contributed by atoms with van der Waals surface area (Å²) in [6, 6.07) is 0. The molecule has 0 aromatic rings. The van der Waals surface area contributed by atoms with Gasteiger partial charge in [-0.2, -0.15) is 0 Å². The fourth-order valence-corrected chi connectivity index (χ4v) is 6.56. The van der Waals surface area contributed by atoms with Crippen molar-refractivity contribution in [2.45, 2.75) is 225 Å². The minimum atomic E-state index is -0.427. The van der Waals surface area contributed by atoms with Crippen molar-refractivity contribution in [2.24, 2.45) is 5.73 Å². The van der Waals surface area contributed by atoms with E-state index in [1.807, 2.05) is 0 Å². The van der Waals surface area contributed by atoms with Crippen molar-refractivity contribution >= 4 is 0 Å². The zero-order chi connectivity index (χ0) is 32.7. The van der Waals surface area contributed by atoms with Crippen molar-refractivity contribution < 1.29 is 9.47 Å². The SMILES string of the molecule is CCCCCC=CCC=CCCCCCCCCC1(CCCCCCCCC=CCCCCCCCC)OC(C)C(C)(CN)O1. The Balaban J connectivity index is 2.14. The summed E-state index contributed by atoms with van der Waals surface area (Å²) in [5, 5.41) is 0. The number of hydrogen-bond acceptors (Lipinski definition) is 3. The van der Waals surface area contributed by atoms with E-state index in [1.54, 1.807) is 0 Å². The molecule has 3 heteroatoms. The lowest BCUT2D eigenvalue weighted by atomic mass is 9.98. The van der Waals surface area contributed by atoms with Crippen LogP contribution in [0.5, 0.6) is 0 Å². The second-order valence-corrected chi connectivity index (χ2v) is 14.3. The van der Waals surface area contributed by atoms with Crippen LogP contribution in [0.15, 0.2) is 36.5 Å². The molecule has 3 nitrogen and oxygen atoms in total. The van der Waals surface area contributed by atoms with E-state index >= 15 is 0 Å². The molecular formula is C42H79NO2. The fourth-order valence-electron chi connectivity index (χ4n) is 6.56. The van der Waals surface area contributed by atoms with Gasteiger partial charge in [-0.3, -0.25) is 0 Å². The van der Waals surface area contributed by atoms with Crippen molar-refractivity contribution in [3.8, 4) is 0 Å². The summed E-state index contributed by atoms with van der Waals surface area (Å²) in [6.45, 7) is 9.36. The molecule has 0 saturated carbocycles. The van der Waals surface area contributed by atoms with Crippen molar-refractivity contribution in [1.29, 1.82) is 0 Å². The lowest BCUT2D eigenvalue weighted by Crippen LogP contribution is -2.43. The molecule has 0 aromatic carbocycles. The first-order valence-electron chi connectivity index (χ1n) is 20.0. The van der Waals surface area contributed by atoms with Crippen molar-refractivity contribution in [3.63, 3.8) is 0 Å². The number of unbranched alkanes of at least 4 members (excludes halogenated alkanes) is 21. The molecule has 1 rings (SSSR count). The molecule has 1 heterocycles. The highest BCUT2D eigenvalue weighted by Gasteiger charge is 2.51. The quantitative estimate of drug-likeness (QED) is 0.0595. The largest absolute Gasteiger partial charge is 0.344 e. The van der Waals surface area contributed by atoms with Gasteiger partial charge in [0.15, 0.2) is 5.79 Å². The van der Waals surface area contributed by atoms with E-state index in [-0.39, 0.29) is 11.7 Å². The molecule has 1 aliphatic rings. The molecular weight excluding hydrogens is 550 g/mol. The van der Waals surface area contributed by atoms with Gasteiger partial charge in [-0.05, 0) is 84.5 Å². The second-order valence-electron chi connectivity index (χ2n) is 14.3. The average Bonchev–Trinajstić information content (AvgIpc) is 3.30. The molecule has 2 N–H and O–H groups in total. The topological polar surface area (TPSA) is 44.5 Å². The van der Waals surface area contributed by atoms with Crippen LogP contribution in [0.2, 0.25) is 0 Å². The summed E-state index contributed by atoms with van der Waals surface area (Å²) in [5.74, 6) is -0.427. The van der Waals surface area contributed by atoms with Gasteiger partial charge in [-0.1, -0.05) is 147 Å². The van der Waals surface area contributed by atoms with Crippen LogP contribution < -0.4 is 5.73 Å². The zero-order valence-corrected chi connectivity index (χ0v) is 30.9. The van der Waals surface area contributed by atoms with E-state index < -0.39 is 5.79 Å². The Kier molecular flexibility index (Phi) is 27.4. The standard InChI is InChI=1S/C42H79NO2/c1-5-7-9-11-13-15-17-19-21-23-25-27-29-31-33-35-37-42(44-40(3)41(4,39-43)45-42)38-36-34-32-30-28-26-24-22-20-18-16-14-12-10-8-6-2/h13,15,19-22,40H,5-12,14,16-18,23-39,43H2,1-4H3. The lowest BCUT2D eigenvalue weighted by molar-refractivity contribution is -0.196. The minimum absolute atomic E-state index is 0.0567. The Labute approximate surface area is 282 Å². The van der Waals surface area contributed by atoms with E-state index in [4.69, 9.17) is 15.2 Å². The van der Waals surface area contributed by atoms with E-state index in [0.717, 1.165) is 19.3 Å². The van der Waals surface area contributed by atoms with Gasteiger partial charge in [-0.25, -0.2) is 0 Å². The summed E-state index contributed by atoms with van der Waals surface area (Å²) in [5.41, 5.74) is 5.78. The van der Waals surface area contributed by atoms with Gasteiger partial charge >= 0.3 is 0 Å². The van der Waals surface area contributed by atoms with Gasteiger partial charge in [0.25, 0.3) is 0 Å². The molecule has 3 atom stereocenters.